The molecule has 4 heteroatoms. The number of aromatic nitrogens is 2. The van der Waals surface area contributed by atoms with Gasteiger partial charge in [-0.1, -0.05) is 0 Å². The second-order valence-electron chi connectivity index (χ2n) is 2.97. The summed E-state index contributed by atoms with van der Waals surface area (Å²) in [6.07, 6.45) is 1.90. The summed E-state index contributed by atoms with van der Waals surface area (Å²) in [6, 6.07) is 0. The second-order valence-corrected chi connectivity index (χ2v) is 2.97. The summed E-state index contributed by atoms with van der Waals surface area (Å²) in [7, 11) is 2.01. The standard InChI is InChI=1S/C8H13N3O/c1-3-11-8-5-12-6-10(2)7(8)4-9-11/h4H,3,5-6H2,1-2H3. The van der Waals surface area contributed by atoms with E-state index in [1.165, 1.54) is 11.4 Å². The minimum absolute atomic E-state index is 0.669. The van der Waals surface area contributed by atoms with Gasteiger partial charge in [0.05, 0.1) is 24.2 Å². The Morgan fingerprint density at radius 1 is 1.67 bits per heavy atom. The van der Waals surface area contributed by atoms with Gasteiger partial charge >= 0.3 is 0 Å². The molecule has 0 fully saturated rings. The zero-order chi connectivity index (χ0) is 8.55. The van der Waals surface area contributed by atoms with Crippen LogP contribution in [0.5, 0.6) is 0 Å². The maximum absolute atomic E-state index is 5.37. The van der Waals surface area contributed by atoms with Gasteiger partial charge in [-0.3, -0.25) is 4.68 Å². The summed E-state index contributed by atoms with van der Waals surface area (Å²) in [5.74, 6) is 0. The second kappa shape index (κ2) is 2.79. The van der Waals surface area contributed by atoms with Crippen molar-refractivity contribution in [3.63, 3.8) is 0 Å². The number of hydrogen-bond acceptors (Lipinski definition) is 3. The van der Waals surface area contributed by atoms with Gasteiger partial charge in [0.2, 0.25) is 0 Å². The quantitative estimate of drug-likeness (QED) is 0.620. The highest BCUT2D eigenvalue weighted by molar-refractivity contribution is 5.49. The van der Waals surface area contributed by atoms with Gasteiger partial charge in [0, 0.05) is 13.6 Å². The molecule has 0 atom stereocenters. The lowest BCUT2D eigenvalue weighted by molar-refractivity contribution is 0.107. The first-order valence-electron chi connectivity index (χ1n) is 4.16. The van der Waals surface area contributed by atoms with Crippen LogP contribution in [0.15, 0.2) is 6.20 Å². The lowest BCUT2D eigenvalue weighted by Crippen LogP contribution is -2.26. The highest BCUT2D eigenvalue weighted by Crippen LogP contribution is 2.23. The first kappa shape index (κ1) is 7.61. The Kier molecular flexibility index (Phi) is 1.77. The van der Waals surface area contributed by atoms with Crippen molar-refractivity contribution in [3.8, 4) is 0 Å². The molecule has 2 rings (SSSR count). The SMILES string of the molecule is CCn1ncc2c1COCN2C. The molecule has 2 heterocycles. The molecule has 0 radical (unpaired) electrons. The van der Waals surface area contributed by atoms with Crippen LogP contribution >= 0.6 is 0 Å². The Hall–Kier alpha value is -1.03. The maximum Gasteiger partial charge on any atom is 0.119 e. The molecule has 4 nitrogen and oxygen atoms in total. The number of hydrogen-bond donors (Lipinski definition) is 0. The van der Waals surface area contributed by atoms with Crippen molar-refractivity contribution in [1.82, 2.24) is 9.78 Å². The van der Waals surface area contributed by atoms with Crippen LogP contribution in [0.25, 0.3) is 0 Å². The van der Waals surface area contributed by atoms with Crippen LogP contribution < -0.4 is 4.90 Å². The largest absolute Gasteiger partial charge is 0.355 e. The highest BCUT2D eigenvalue weighted by Gasteiger charge is 2.17. The summed E-state index contributed by atoms with van der Waals surface area (Å²) in [4.78, 5) is 2.07. The van der Waals surface area contributed by atoms with Gasteiger partial charge in [-0.2, -0.15) is 5.10 Å². The van der Waals surface area contributed by atoms with Crippen LogP contribution in [-0.4, -0.2) is 23.6 Å². The molecular formula is C8H13N3O. The van der Waals surface area contributed by atoms with E-state index in [0.717, 1.165) is 6.54 Å². The predicted octanol–water partition coefficient (Wildman–Crippen LogP) is 0.827. The number of aryl methyl sites for hydroxylation is 1. The van der Waals surface area contributed by atoms with Gasteiger partial charge in [0.15, 0.2) is 0 Å². The molecule has 0 spiro atoms. The Morgan fingerprint density at radius 2 is 2.50 bits per heavy atom. The third-order valence-corrected chi connectivity index (χ3v) is 2.16. The summed E-state index contributed by atoms with van der Waals surface area (Å²) >= 11 is 0. The van der Waals surface area contributed by atoms with Crippen molar-refractivity contribution in [1.29, 1.82) is 0 Å². The van der Waals surface area contributed by atoms with E-state index in [2.05, 4.69) is 16.9 Å². The number of rotatable bonds is 1. The van der Waals surface area contributed by atoms with Gasteiger partial charge < -0.3 is 9.64 Å². The molecule has 1 aromatic heterocycles. The minimum atomic E-state index is 0.669. The van der Waals surface area contributed by atoms with Crippen LogP contribution in [0.3, 0.4) is 0 Å². The summed E-state index contributed by atoms with van der Waals surface area (Å²) in [5.41, 5.74) is 2.38. The Bertz CT molecular complexity index is 282. The first-order valence-corrected chi connectivity index (χ1v) is 4.16. The fraction of sp³-hybridized carbons (Fsp3) is 0.625. The molecule has 0 bridgehead atoms. The molecule has 0 unspecified atom stereocenters. The molecular weight excluding hydrogens is 154 g/mol. The van der Waals surface area contributed by atoms with E-state index in [1.807, 2.05) is 17.9 Å². The molecule has 1 aromatic rings. The van der Waals surface area contributed by atoms with E-state index >= 15 is 0 Å². The molecule has 1 aliphatic heterocycles. The van der Waals surface area contributed by atoms with Crippen LogP contribution in [0.1, 0.15) is 12.6 Å². The molecule has 12 heavy (non-hydrogen) atoms. The van der Waals surface area contributed by atoms with Gasteiger partial charge in [-0.05, 0) is 6.92 Å². The van der Waals surface area contributed by atoms with Crippen LogP contribution in [0.2, 0.25) is 0 Å². The lowest BCUT2D eigenvalue weighted by Gasteiger charge is -2.24. The number of nitrogens with zero attached hydrogens (tertiary/aromatic N) is 3. The highest BCUT2D eigenvalue weighted by atomic mass is 16.5. The van der Waals surface area contributed by atoms with Crippen molar-refractivity contribution in [2.75, 3.05) is 18.7 Å². The zero-order valence-electron chi connectivity index (χ0n) is 7.45. The van der Waals surface area contributed by atoms with E-state index < -0.39 is 0 Å². The Morgan fingerprint density at radius 3 is 3.25 bits per heavy atom. The predicted molar refractivity (Wildman–Crippen MR) is 46.0 cm³/mol. The van der Waals surface area contributed by atoms with Crippen LogP contribution in [0, 0.1) is 0 Å². The van der Waals surface area contributed by atoms with Gasteiger partial charge in [-0.15, -0.1) is 0 Å². The van der Waals surface area contributed by atoms with E-state index in [4.69, 9.17) is 4.74 Å². The smallest absolute Gasteiger partial charge is 0.119 e. The van der Waals surface area contributed by atoms with Gasteiger partial charge in [0.1, 0.15) is 6.73 Å². The number of fused-ring (bicyclic) bond motifs is 1. The summed E-state index contributed by atoms with van der Waals surface area (Å²) in [5, 5.41) is 4.26. The van der Waals surface area contributed by atoms with E-state index in [1.54, 1.807) is 0 Å². The summed E-state index contributed by atoms with van der Waals surface area (Å²) in [6.45, 7) is 4.35. The fourth-order valence-corrected chi connectivity index (χ4v) is 1.49. The maximum atomic E-state index is 5.37. The molecule has 0 aromatic carbocycles. The van der Waals surface area contributed by atoms with E-state index in [0.29, 0.717) is 13.3 Å². The molecule has 66 valence electrons. The minimum Gasteiger partial charge on any atom is -0.355 e. The first-order chi connectivity index (χ1) is 5.83. The Labute approximate surface area is 71.7 Å². The third-order valence-electron chi connectivity index (χ3n) is 2.16. The number of anilines is 1. The molecule has 1 aliphatic rings. The van der Waals surface area contributed by atoms with Gasteiger partial charge in [-0.25, -0.2) is 0 Å². The summed E-state index contributed by atoms with van der Waals surface area (Å²) < 4.78 is 7.35. The Balaban J connectivity index is 2.41. The van der Waals surface area contributed by atoms with Crippen LogP contribution in [-0.2, 0) is 17.9 Å². The van der Waals surface area contributed by atoms with Crippen LogP contribution in [0.4, 0.5) is 5.69 Å². The van der Waals surface area contributed by atoms with Crippen molar-refractivity contribution >= 4 is 5.69 Å². The van der Waals surface area contributed by atoms with E-state index in [9.17, 15) is 0 Å². The average molecular weight is 167 g/mol. The van der Waals surface area contributed by atoms with Crippen molar-refractivity contribution in [3.05, 3.63) is 11.9 Å². The molecule has 0 amide bonds. The molecule has 0 N–H and O–H groups in total. The van der Waals surface area contributed by atoms with Crippen molar-refractivity contribution in [2.45, 2.75) is 20.1 Å². The van der Waals surface area contributed by atoms with Crippen molar-refractivity contribution < 1.29 is 4.74 Å². The third kappa shape index (κ3) is 0.992. The molecule has 0 aliphatic carbocycles. The lowest BCUT2D eigenvalue weighted by atomic mass is 10.3. The van der Waals surface area contributed by atoms with E-state index in [-0.39, 0.29) is 0 Å². The average Bonchev–Trinajstić information content (AvgIpc) is 2.49. The fourth-order valence-electron chi connectivity index (χ4n) is 1.49. The van der Waals surface area contributed by atoms with Gasteiger partial charge in [0.25, 0.3) is 0 Å². The number of ether oxygens (including phenoxy) is 1. The zero-order valence-corrected chi connectivity index (χ0v) is 7.45. The normalized spacial score (nSPS) is 16.3. The topological polar surface area (TPSA) is 30.3 Å². The molecule has 0 saturated carbocycles. The van der Waals surface area contributed by atoms with Crippen molar-refractivity contribution in [2.24, 2.45) is 0 Å². The molecule has 0 saturated heterocycles. The monoisotopic (exact) mass is 167 g/mol.